The molecule has 0 aliphatic carbocycles. The van der Waals surface area contributed by atoms with E-state index in [4.69, 9.17) is 20.6 Å². The summed E-state index contributed by atoms with van der Waals surface area (Å²) in [5, 5.41) is 8.69. The molecule has 23 heavy (non-hydrogen) atoms. The smallest absolute Gasteiger partial charge is 0.236 e. The van der Waals surface area contributed by atoms with Crippen molar-refractivity contribution in [2.75, 3.05) is 0 Å². The van der Waals surface area contributed by atoms with Crippen LogP contribution in [0.25, 0.3) is 0 Å². The van der Waals surface area contributed by atoms with Crippen molar-refractivity contribution in [1.82, 2.24) is 15.3 Å². The first-order valence-electron chi connectivity index (χ1n) is 7.17. The zero-order chi connectivity index (χ0) is 16.2. The minimum absolute atomic E-state index is 0.630. The highest BCUT2D eigenvalue weighted by molar-refractivity contribution is 7.97. The van der Waals surface area contributed by atoms with Gasteiger partial charge in [-0.1, -0.05) is 34.0 Å². The minimum Gasteiger partial charge on any atom is -0.361 e. The van der Waals surface area contributed by atoms with Crippen LogP contribution in [0.5, 0.6) is 0 Å². The number of thioether (sulfide) groups is 1. The second-order valence-corrected chi connectivity index (χ2v) is 6.63. The number of rotatable bonds is 6. The number of aryl methyl sites for hydroxylation is 2. The number of aromatic nitrogens is 3. The lowest BCUT2D eigenvalue weighted by Gasteiger charge is -1.97. The lowest BCUT2D eigenvalue weighted by molar-refractivity contribution is 0.385. The monoisotopic (exact) mass is 349 g/mol. The Labute approximate surface area is 143 Å². The molecule has 3 aromatic rings. The van der Waals surface area contributed by atoms with E-state index in [0.29, 0.717) is 23.9 Å². The normalized spacial score (nSPS) is 11.1. The Morgan fingerprint density at radius 1 is 1.04 bits per heavy atom. The average Bonchev–Trinajstić information content (AvgIpc) is 3.11. The molecule has 2 aromatic heterocycles. The molecule has 0 bridgehead atoms. The molecule has 0 saturated heterocycles. The third-order valence-electron chi connectivity index (χ3n) is 3.44. The fraction of sp³-hybridized carbons (Fsp3) is 0.312. The van der Waals surface area contributed by atoms with Gasteiger partial charge in [0.25, 0.3) is 0 Å². The van der Waals surface area contributed by atoms with Crippen molar-refractivity contribution in [1.29, 1.82) is 0 Å². The summed E-state index contributed by atoms with van der Waals surface area (Å²) in [6, 6.07) is 7.64. The Kier molecular flexibility index (Phi) is 5.03. The van der Waals surface area contributed by atoms with Crippen molar-refractivity contribution < 1.29 is 9.05 Å². The van der Waals surface area contributed by atoms with E-state index in [2.05, 4.69) is 15.3 Å². The predicted octanol–water partition coefficient (Wildman–Crippen LogP) is 4.35. The number of halogens is 1. The van der Waals surface area contributed by atoms with Gasteiger partial charge >= 0.3 is 0 Å². The molecule has 0 N–H and O–H groups in total. The lowest BCUT2D eigenvalue weighted by Crippen LogP contribution is -1.91. The van der Waals surface area contributed by atoms with Crippen molar-refractivity contribution in [2.45, 2.75) is 31.8 Å². The van der Waals surface area contributed by atoms with Crippen molar-refractivity contribution in [3.05, 3.63) is 63.6 Å². The van der Waals surface area contributed by atoms with Gasteiger partial charge in [-0.2, -0.15) is 4.98 Å². The van der Waals surface area contributed by atoms with Crippen molar-refractivity contribution in [3.8, 4) is 0 Å². The first-order chi connectivity index (χ1) is 11.1. The summed E-state index contributed by atoms with van der Waals surface area (Å²) in [6.45, 7) is 3.87. The maximum Gasteiger partial charge on any atom is 0.236 e. The highest BCUT2D eigenvalue weighted by atomic mass is 35.5. The van der Waals surface area contributed by atoms with Gasteiger partial charge in [-0.25, -0.2) is 0 Å². The van der Waals surface area contributed by atoms with Crippen molar-refractivity contribution in [2.24, 2.45) is 0 Å². The molecular weight excluding hydrogens is 334 g/mol. The van der Waals surface area contributed by atoms with E-state index in [1.165, 1.54) is 0 Å². The Morgan fingerprint density at radius 2 is 1.83 bits per heavy atom. The van der Waals surface area contributed by atoms with Crippen LogP contribution in [-0.4, -0.2) is 15.3 Å². The molecule has 1 aromatic carbocycles. The van der Waals surface area contributed by atoms with Gasteiger partial charge in [0, 0.05) is 22.8 Å². The van der Waals surface area contributed by atoms with E-state index in [9.17, 15) is 0 Å². The van der Waals surface area contributed by atoms with Gasteiger partial charge in [0.05, 0.1) is 11.4 Å². The van der Waals surface area contributed by atoms with Crippen molar-refractivity contribution in [3.63, 3.8) is 0 Å². The Morgan fingerprint density at radius 3 is 2.52 bits per heavy atom. The van der Waals surface area contributed by atoms with Gasteiger partial charge in [0.1, 0.15) is 5.76 Å². The standard InChI is InChI=1S/C16H16ClN3O2S/c1-10-14(11(2)21-19-10)8-23-9-16-18-15(20-22-16)7-12-3-5-13(17)6-4-12/h3-6H,7-9H2,1-2H3. The molecule has 0 saturated carbocycles. The number of hydrogen-bond donors (Lipinski definition) is 0. The van der Waals surface area contributed by atoms with E-state index in [-0.39, 0.29) is 0 Å². The van der Waals surface area contributed by atoms with Crippen LogP contribution in [0.2, 0.25) is 5.02 Å². The zero-order valence-corrected chi connectivity index (χ0v) is 14.4. The molecule has 0 fully saturated rings. The summed E-state index contributed by atoms with van der Waals surface area (Å²) < 4.78 is 10.4. The van der Waals surface area contributed by atoms with Crippen LogP contribution in [0, 0.1) is 13.8 Å². The van der Waals surface area contributed by atoms with E-state index in [1.807, 2.05) is 38.1 Å². The van der Waals surface area contributed by atoms with Gasteiger partial charge in [-0.05, 0) is 31.5 Å². The third kappa shape index (κ3) is 4.14. The summed E-state index contributed by atoms with van der Waals surface area (Å²) in [7, 11) is 0. The molecule has 0 amide bonds. The minimum atomic E-state index is 0.630. The van der Waals surface area contributed by atoms with Gasteiger partial charge < -0.3 is 9.05 Å². The summed E-state index contributed by atoms with van der Waals surface area (Å²) in [5.74, 6) is 3.66. The number of hydrogen-bond acceptors (Lipinski definition) is 6. The predicted molar refractivity (Wildman–Crippen MR) is 89.5 cm³/mol. The topological polar surface area (TPSA) is 65.0 Å². The molecule has 0 aliphatic heterocycles. The molecule has 7 heteroatoms. The van der Waals surface area contributed by atoms with Crippen LogP contribution in [-0.2, 0) is 17.9 Å². The summed E-state index contributed by atoms with van der Waals surface area (Å²) in [6.07, 6.45) is 0.634. The fourth-order valence-electron chi connectivity index (χ4n) is 2.15. The quantitative estimate of drug-likeness (QED) is 0.659. The van der Waals surface area contributed by atoms with Gasteiger partial charge in [-0.15, -0.1) is 11.8 Å². The van der Waals surface area contributed by atoms with E-state index < -0.39 is 0 Å². The van der Waals surface area contributed by atoms with Crippen LogP contribution in [0.15, 0.2) is 33.3 Å². The Balaban J connectivity index is 1.54. The molecule has 5 nitrogen and oxygen atoms in total. The Bertz CT molecular complexity index is 763. The van der Waals surface area contributed by atoms with E-state index >= 15 is 0 Å². The first-order valence-corrected chi connectivity index (χ1v) is 8.70. The molecular formula is C16H16ClN3O2S. The second-order valence-electron chi connectivity index (χ2n) is 5.20. The highest BCUT2D eigenvalue weighted by Gasteiger charge is 2.11. The highest BCUT2D eigenvalue weighted by Crippen LogP contribution is 2.22. The average molecular weight is 350 g/mol. The number of benzene rings is 1. The summed E-state index contributed by atoms with van der Waals surface area (Å²) in [5.41, 5.74) is 3.17. The van der Waals surface area contributed by atoms with Crippen molar-refractivity contribution >= 4 is 23.4 Å². The van der Waals surface area contributed by atoms with Crippen LogP contribution in [0.3, 0.4) is 0 Å². The van der Waals surface area contributed by atoms with Crippen LogP contribution in [0.4, 0.5) is 0 Å². The maximum atomic E-state index is 5.88. The molecule has 3 rings (SSSR count). The number of nitrogens with zero attached hydrogens (tertiary/aromatic N) is 3. The molecule has 0 radical (unpaired) electrons. The maximum absolute atomic E-state index is 5.88. The summed E-state index contributed by atoms with van der Waals surface area (Å²) in [4.78, 5) is 4.42. The van der Waals surface area contributed by atoms with E-state index in [1.54, 1.807) is 11.8 Å². The molecule has 0 atom stereocenters. The zero-order valence-electron chi connectivity index (χ0n) is 12.9. The van der Waals surface area contributed by atoms with Crippen LogP contribution < -0.4 is 0 Å². The first kappa shape index (κ1) is 16.1. The molecule has 120 valence electrons. The largest absolute Gasteiger partial charge is 0.361 e. The van der Waals surface area contributed by atoms with Gasteiger partial charge in [0.2, 0.25) is 5.89 Å². The van der Waals surface area contributed by atoms with Gasteiger partial charge in [-0.3, -0.25) is 0 Å². The molecule has 2 heterocycles. The van der Waals surface area contributed by atoms with Gasteiger partial charge in [0.15, 0.2) is 5.82 Å². The molecule has 0 aliphatic rings. The van der Waals surface area contributed by atoms with E-state index in [0.717, 1.165) is 33.4 Å². The SMILES string of the molecule is Cc1noc(C)c1CSCc1nc(Cc2ccc(Cl)cc2)no1. The lowest BCUT2D eigenvalue weighted by atomic mass is 10.1. The fourth-order valence-corrected chi connectivity index (χ4v) is 3.29. The second kappa shape index (κ2) is 7.19. The molecule has 0 unspecified atom stereocenters. The summed E-state index contributed by atoms with van der Waals surface area (Å²) >= 11 is 7.58. The van der Waals surface area contributed by atoms with Crippen LogP contribution in [0.1, 0.15) is 34.3 Å². The third-order valence-corrected chi connectivity index (χ3v) is 4.63. The Hall–Kier alpha value is -1.79. The van der Waals surface area contributed by atoms with Crippen LogP contribution >= 0.6 is 23.4 Å². The molecule has 0 spiro atoms.